The number of aromatic nitrogens is 3. The second-order valence-corrected chi connectivity index (χ2v) is 7.93. The van der Waals surface area contributed by atoms with Crippen LogP contribution in [0.3, 0.4) is 0 Å². The number of likely N-dealkylation sites (tertiary alicyclic amines) is 1. The standard InChI is InChI=1S/C19H16N4OS2/c24-19(14-5-9-26-12-14)22-7-3-15(10-22)23-17(13-4-8-25-11-13)21-16-2-1-6-20-18(16)23/h1-2,4-6,8-9,11-12,15H,3,7,10H2. The summed E-state index contributed by atoms with van der Waals surface area (Å²) < 4.78 is 2.22. The van der Waals surface area contributed by atoms with E-state index in [1.165, 1.54) is 0 Å². The molecule has 0 bridgehead atoms. The third-order valence-corrected chi connectivity index (χ3v) is 6.18. The van der Waals surface area contributed by atoms with Crippen LogP contribution in [0, 0.1) is 0 Å². The zero-order chi connectivity index (χ0) is 17.5. The van der Waals surface area contributed by atoms with Gasteiger partial charge in [-0.15, -0.1) is 0 Å². The highest BCUT2D eigenvalue weighted by molar-refractivity contribution is 7.08. The van der Waals surface area contributed by atoms with Crippen LogP contribution in [0.2, 0.25) is 0 Å². The largest absolute Gasteiger partial charge is 0.336 e. The average Bonchev–Trinajstić information content (AvgIpc) is 3.47. The van der Waals surface area contributed by atoms with E-state index in [1.54, 1.807) is 28.9 Å². The molecule has 4 aromatic heterocycles. The van der Waals surface area contributed by atoms with Crippen LogP contribution in [0.25, 0.3) is 22.6 Å². The molecule has 4 aromatic rings. The number of hydrogen-bond acceptors (Lipinski definition) is 5. The maximum atomic E-state index is 12.7. The number of fused-ring (bicyclic) bond motifs is 1. The van der Waals surface area contributed by atoms with Crippen molar-refractivity contribution >= 4 is 39.7 Å². The van der Waals surface area contributed by atoms with Crippen molar-refractivity contribution in [3.8, 4) is 11.4 Å². The van der Waals surface area contributed by atoms with Crippen molar-refractivity contribution in [1.29, 1.82) is 0 Å². The maximum Gasteiger partial charge on any atom is 0.254 e. The first-order chi connectivity index (χ1) is 12.8. The minimum absolute atomic E-state index is 0.114. The number of imidazole rings is 1. The Morgan fingerprint density at radius 1 is 1.15 bits per heavy atom. The maximum absolute atomic E-state index is 12.7. The first-order valence-corrected chi connectivity index (χ1v) is 10.4. The summed E-state index contributed by atoms with van der Waals surface area (Å²) >= 11 is 3.22. The van der Waals surface area contributed by atoms with Gasteiger partial charge in [-0.05, 0) is 41.4 Å². The fourth-order valence-electron chi connectivity index (χ4n) is 3.58. The summed E-state index contributed by atoms with van der Waals surface area (Å²) in [6, 6.07) is 8.08. The highest BCUT2D eigenvalue weighted by Crippen LogP contribution is 2.33. The lowest BCUT2D eigenvalue weighted by atomic mass is 10.2. The molecule has 7 heteroatoms. The molecule has 5 rings (SSSR count). The van der Waals surface area contributed by atoms with Crippen molar-refractivity contribution in [2.45, 2.75) is 12.5 Å². The summed E-state index contributed by atoms with van der Waals surface area (Å²) in [6.45, 7) is 1.45. The Bertz CT molecular complexity index is 1050. The van der Waals surface area contributed by atoms with Crippen LogP contribution in [-0.2, 0) is 0 Å². The third-order valence-electron chi connectivity index (χ3n) is 4.81. The number of carbonyl (C=O) groups is 1. The van der Waals surface area contributed by atoms with Gasteiger partial charge in [-0.1, -0.05) is 0 Å². The van der Waals surface area contributed by atoms with E-state index < -0.39 is 0 Å². The lowest BCUT2D eigenvalue weighted by molar-refractivity contribution is 0.0788. The summed E-state index contributed by atoms with van der Waals surface area (Å²) in [4.78, 5) is 24.0. The molecule has 0 radical (unpaired) electrons. The van der Waals surface area contributed by atoms with Crippen LogP contribution in [0.1, 0.15) is 22.8 Å². The molecule has 1 aliphatic rings. The molecule has 130 valence electrons. The summed E-state index contributed by atoms with van der Waals surface area (Å²) in [6.07, 6.45) is 2.72. The monoisotopic (exact) mass is 380 g/mol. The lowest BCUT2D eigenvalue weighted by Crippen LogP contribution is -2.28. The molecule has 0 aromatic carbocycles. The van der Waals surface area contributed by atoms with Gasteiger partial charge < -0.3 is 9.47 Å². The van der Waals surface area contributed by atoms with E-state index in [2.05, 4.69) is 26.4 Å². The molecule has 5 heterocycles. The molecule has 1 unspecified atom stereocenters. The SMILES string of the molecule is O=C(c1ccsc1)N1CCC(n2c(-c3ccsc3)nc3cccnc32)C1. The summed E-state index contributed by atoms with van der Waals surface area (Å²) in [5, 5.41) is 8.04. The normalized spacial score (nSPS) is 17.2. The van der Waals surface area contributed by atoms with E-state index in [1.807, 2.05) is 33.9 Å². The van der Waals surface area contributed by atoms with E-state index in [4.69, 9.17) is 4.98 Å². The fraction of sp³-hybridized carbons (Fsp3) is 0.211. The molecule has 0 saturated carbocycles. The van der Waals surface area contributed by atoms with Crippen molar-refractivity contribution < 1.29 is 4.79 Å². The Hall–Kier alpha value is -2.51. The van der Waals surface area contributed by atoms with E-state index in [0.29, 0.717) is 6.54 Å². The minimum Gasteiger partial charge on any atom is -0.336 e. The van der Waals surface area contributed by atoms with Gasteiger partial charge in [0.2, 0.25) is 0 Å². The molecular weight excluding hydrogens is 364 g/mol. The molecule has 1 atom stereocenters. The number of thiophene rings is 2. The zero-order valence-corrected chi connectivity index (χ0v) is 15.5. The highest BCUT2D eigenvalue weighted by atomic mass is 32.1. The Morgan fingerprint density at radius 2 is 2.04 bits per heavy atom. The van der Waals surface area contributed by atoms with Crippen molar-refractivity contribution in [3.05, 3.63) is 57.5 Å². The Morgan fingerprint density at radius 3 is 2.85 bits per heavy atom. The number of rotatable bonds is 3. The topological polar surface area (TPSA) is 51.0 Å². The number of amides is 1. The predicted molar refractivity (Wildman–Crippen MR) is 105 cm³/mol. The number of carbonyl (C=O) groups excluding carboxylic acids is 1. The van der Waals surface area contributed by atoms with E-state index in [0.717, 1.165) is 41.1 Å². The molecular formula is C19H16N4OS2. The molecule has 26 heavy (non-hydrogen) atoms. The Kier molecular flexibility index (Phi) is 3.83. The lowest BCUT2D eigenvalue weighted by Gasteiger charge is -2.18. The van der Waals surface area contributed by atoms with Crippen LogP contribution in [-0.4, -0.2) is 38.4 Å². The molecule has 0 spiro atoms. The molecule has 1 fully saturated rings. The third kappa shape index (κ3) is 2.55. The van der Waals surface area contributed by atoms with Crippen LogP contribution < -0.4 is 0 Å². The summed E-state index contributed by atoms with van der Waals surface area (Å²) in [5.41, 5.74) is 3.68. The number of hydrogen-bond donors (Lipinski definition) is 0. The smallest absolute Gasteiger partial charge is 0.254 e. The van der Waals surface area contributed by atoms with Gasteiger partial charge in [-0.25, -0.2) is 9.97 Å². The highest BCUT2D eigenvalue weighted by Gasteiger charge is 2.31. The zero-order valence-electron chi connectivity index (χ0n) is 13.9. The van der Waals surface area contributed by atoms with Crippen LogP contribution >= 0.6 is 22.7 Å². The van der Waals surface area contributed by atoms with Crippen LogP contribution in [0.4, 0.5) is 0 Å². The Labute approximate surface area is 158 Å². The van der Waals surface area contributed by atoms with Gasteiger partial charge in [0.25, 0.3) is 5.91 Å². The Balaban J connectivity index is 1.53. The molecule has 1 amide bonds. The van der Waals surface area contributed by atoms with Gasteiger partial charge in [0.05, 0.1) is 11.6 Å². The van der Waals surface area contributed by atoms with Crippen molar-refractivity contribution in [2.75, 3.05) is 13.1 Å². The van der Waals surface area contributed by atoms with Gasteiger partial charge >= 0.3 is 0 Å². The second-order valence-electron chi connectivity index (χ2n) is 6.37. The molecule has 1 saturated heterocycles. The molecule has 0 N–H and O–H groups in total. The van der Waals surface area contributed by atoms with E-state index in [-0.39, 0.29) is 11.9 Å². The van der Waals surface area contributed by atoms with Gasteiger partial charge in [0, 0.05) is 35.6 Å². The van der Waals surface area contributed by atoms with Gasteiger partial charge in [-0.3, -0.25) is 4.79 Å². The quantitative estimate of drug-likeness (QED) is 0.532. The number of pyridine rings is 1. The second kappa shape index (κ2) is 6.34. The van der Waals surface area contributed by atoms with Crippen molar-refractivity contribution in [1.82, 2.24) is 19.4 Å². The summed E-state index contributed by atoms with van der Waals surface area (Å²) in [7, 11) is 0. The van der Waals surface area contributed by atoms with Crippen LogP contribution in [0.5, 0.6) is 0 Å². The number of nitrogens with zero attached hydrogens (tertiary/aromatic N) is 4. The van der Waals surface area contributed by atoms with Crippen molar-refractivity contribution in [2.24, 2.45) is 0 Å². The first kappa shape index (κ1) is 15.7. The van der Waals surface area contributed by atoms with Crippen LogP contribution in [0.15, 0.2) is 52.0 Å². The average molecular weight is 380 g/mol. The molecule has 0 aliphatic carbocycles. The predicted octanol–water partition coefficient (Wildman–Crippen LogP) is 4.31. The molecule has 1 aliphatic heterocycles. The first-order valence-electron chi connectivity index (χ1n) is 8.48. The van der Waals surface area contributed by atoms with E-state index >= 15 is 0 Å². The minimum atomic E-state index is 0.114. The van der Waals surface area contributed by atoms with Gasteiger partial charge in [0.1, 0.15) is 11.3 Å². The van der Waals surface area contributed by atoms with Gasteiger partial charge in [0.15, 0.2) is 5.65 Å². The van der Waals surface area contributed by atoms with Crippen molar-refractivity contribution in [3.63, 3.8) is 0 Å². The fourth-order valence-corrected chi connectivity index (χ4v) is 4.84. The van der Waals surface area contributed by atoms with E-state index in [9.17, 15) is 4.79 Å². The molecule has 5 nitrogen and oxygen atoms in total. The van der Waals surface area contributed by atoms with Gasteiger partial charge in [-0.2, -0.15) is 22.7 Å². The summed E-state index contributed by atoms with van der Waals surface area (Å²) in [5.74, 6) is 1.05.